The summed E-state index contributed by atoms with van der Waals surface area (Å²) < 4.78 is 0. The molecular formula is C13H24N2O4. The maximum atomic E-state index is 12.1. The van der Waals surface area contributed by atoms with Gasteiger partial charge in [-0.3, -0.25) is 4.79 Å². The summed E-state index contributed by atoms with van der Waals surface area (Å²) in [4.78, 5) is 24.1. The van der Waals surface area contributed by atoms with Crippen molar-refractivity contribution in [2.45, 2.75) is 51.7 Å². The van der Waals surface area contributed by atoms with Crippen LogP contribution in [-0.2, 0) is 4.79 Å². The number of aliphatic hydroxyl groups excluding tert-OH is 1. The Kier molecular flexibility index (Phi) is 6.08. The molecule has 110 valence electrons. The molecule has 2 amide bonds. The Bertz CT molecular complexity index is 320. The van der Waals surface area contributed by atoms with E-state index in [2.05, 4.69) is 5.32 Å². The van der Waals surface area contributed by atoms with E-state index >= 15 is 0 Å². The van der Waals surface area contributed by atoms with Crippen LogP contribution in [-0.4, -0.2) is 52.3 Å². The number of hydrogen-bond donors (Lipinski definition) is 3. The first-order valence-electron chi connectivity index (χ1n) is 6.85. The Morgan fingerprint density at radius 2 is 1.95 bits per heavy atom. The molecular weight excluding hydrogens is 248 g/mol. The van der Waals surface area contributed by atoms with Gasteiger partial charge >= 0.3 is 12.0 Å². The van der Waals surface area contributed by atoms with Crippen molar-refractivity contribution >= 4 is 12.0 Å². The Hall–Kier alpha value is -1.30. The number of aliphatic carboxylic acids is 1. The molecule has 0 radical (unpaired) electrons. The van der Waals surface area contributed by atoms with Gasteiger partial charge in [-0.05, 0) is 18.8 Å². The number of carboxylic acid groups (broad SMARTS) is 1. The largest absolute Gasteiger partial charge is 0.480 e. The van der Waals surface area contributed by atoms with Gasteiger partial charge in [-0.2, -0.15) is 0 Å². The highest BCUT2D eigenvalue weighted by molar-refractivity contribution is 5.80. The molecule has 6 nitrogen and oxygen atoms in total. The van der Waals surface area contributed by atoms with Crippen molar-refractivity contribution in [1.82, 2.24) is 10.2 Å². The van der Waals surface area contributed by atoms with Crippen molar-refractivity contribution in [3.63, 3.8) is 0 Å². The topological polar surface area (TPSA) is 89.9 Å². The van der Waals surface area contributed by atoms with Crippen LogP contribution in [0.15, 0.2) is 0 Å². The van der Waals surface area contributed by atoms with E-state index in [0.717, 1.165) is 19.3 Å². The second kappa shape index (κ2) is 7.33. The third-order valence-electron chi connectivity index (χ3n) is 3.24. The van der Waals surface area contributed by atoms with E-state index in [4.69, 9.17) is 5.11 Å². The first-order valence-corrected chi connectivity index (χ1v) is 6.85. The first-order chi connectivity index (χ1) is 8.90. The summed E-state index contributed by atoms with van der Waals surface area (Å²) >= 11 is 0. The van der Waals surface area contributed by atoms with Crippen molar-refractivity contribution in [3.05, 3.63) is 0 Å². The molecule has 1 fully saturated rings. The van der Waals surface area contributed by atoms with Crippen LogP contribution in [0.4, 0.5) is 4.79 Å². The third kappa shape index (κ3) is 5.46. The second-order valence-corrected chi connectivity index (χ2v) is 5.58. The van der Waals surface area contributed by atoms with Crippen LogP contribution in [0.2, 0.25) is 0 Å². The Balaban J connectivity index is 2.57. The van der Waals surface area contributed by atoms with E-state index in [1.54, 1.807) is 0 Å². The zero-order chi connectivity index (χ0) is 14.4. The van der Waals surface area contributed by atoms with Crippen LogP contribution in [0, 0.1) is 5.92 Å². The van der Waals surface area contributed by atoms with Crippen LogP contribution in [0.1, 0.15) is 39.5 Å². The van der Waals surface area contributed by atoms with Gasteiger partial charge in [-0.15, -0.1) is 0 Å². The summed E-state index contributed by atoms with van der Waals surface area (Å²) in [5.41, 5.74) is 0. The predicted molar refractivity (Wildman–Crippen MR) is 70.8 cm³/mol. The summed E-state index contributed by atoms with van der Waals surface area (Å²) in [5, 5.41) is 21.4. The molecule has 2 atom stereocenters. The van der Waals surface area contributed by atoms with Crippen molar-refractivity contribution in [1.29, 1.82) is 0 Å². The van der Waals surface area contributed by atoms with Crippen LogP contribution in [0.25, 0.3) is 0 Å². The van der Waals surface area contributed by atoms with Crippen molar-refractivity contribution in [3.8, 4) is 0 Å². The van der Waals surface area contributed by atoms with Crippen LogP contribution in [0.5, 0.6) is 0 Å². The number of nitrogens with zero attached hydrogens (tertiary/aromatic N) is 1. The molecule has 0 heterocycles. The molecule has 0 aromatic carbocycles. The minimum atomic E-state index is -1.03. The zero-order valence-electron chi connectivity index (χ0n) is 11.6. The smallest absolute Gasteiger partial charge is 0.323 e. The maximum Gasteiger partial charge on any atom is 0.323 e. The molecule has 0 aromatic rings. The molecule has 0 aromatic heterocycles. The average Bonchev–Trinajstić information content (AvgIpc) is 2.30. The number of aliphatic hydroxyl groups is 1. The summed E-state index contributed by atoms with van der Waals surface area (Å²) in [5.74, 6) is -0.832. The van der Waals surface area contributed by atoms with E-state index in [1.807, 2.05) is 13.8 Å². The van der Waals surface area contributed by atoms with E-state index in [1.165, 1.54) is 4.90 Å². The minimum absolute atomic E-state index is 0.196. The van der Waals surface area contributed by atoms with Crippen LogP contribution in [0.3, 0.4) is 0 Å². The molecule has 0 aliphatic heterocycles. The monoisotopic (exact) mass is 272 g/mol. The molecule has 19 heavy (non-hydrogen) atoms. The zero-order valence-corrected chi connectivity index (χ0v) is 11.6. The number of carbonyl (C=O) groups is 2. The number of rotatable bonds is 5. The normalized spacial score (nSPS) is 23.2. The first kappa shape index (κ1) is 15.8. The highest BCUT2D eigenvalue weighted by atomic mass is 16.4. The quantitative estimate of drug-likeness (QED) is 0.697. The lowest BCUT2D eigenvalue weighted by atomic mass is 9.93. The summed E-state index contributed by atoms with van der Waals surface area (Å²) in [6, 6.07) is -0.660. The van der Waals surface area contributed by atoms with E-state index in [0.29, 0.717) is 13.0 Å². The van der Waals surface area contributed by atoms with Gasteiger partial charge in [0, 0.05) is 6.54 Å². The fourth-order valence-corrected chi connectivity index (χ4v) is 2.35. The molecule has 0 spiro atoms. The molecule has 1 aliphatic rings. The lowest BCUT2D eigenvalue weighted by Crippen LogP contribution is -2.52. The Morgan fingerprint density at radius 1 is 1.32 bits per heavy atom. The van der Waals surface area contributed by atoms with Crippen LogP contribution >= 0.6 is 0 Å². The van der Waals surface area contributed by atoms with E-state index in [-0.39, 0.29) is 18.5 Å². The summed E-state index contributed by atoms with van der Waals surface area (Å²) in [6.07, 6.45) is 2.86. The van der Waals surface area contributed by atoms with Gasteiger partial charge in [0.1, 0.15) is 6.54 Å². The predicted octanol–water partition coefficient (Wildman–Crippen LogP) is 1.04. The van der Waals surface area contributed by atoms with Gasteiger partial charge in [0.15, 0.2) is 0 Å². The lowest BCUT2D eigenvalue weighted by Gasteiger charge is -2.31. The lowest BCUT2D eigenvalue weighted by molar-refractivity contribution is -0.137. The molecule has 6 heteroatoms. The summed E-state index contributed by atoms with van der Waals surface area (Å²) in [6.45, 7) is 3.93. The van der Waals surface area contributed by atoms with E-state index < -0.39 is 18.1 Å². The molecule has 0 saturated heterocycles. The minimum Gasteiger partial charge on any atom is -0.480 e. The number of carbonyl (C=O) groups excluding carboxylic acids is 1. The van der Waals surface area contributed by atoms with Gasteiger partial charge in [-0.1, -0.05) is 26.7 Å². The number of carboxylic acids is 1. The van der Waals surface area contributed by atoms with Gasteiger partial charge < -0.3 is 20.4 Å². The molecule has 1 saturated carbocycles. The second-order valence-electron chi connectivity index (χ2n) is 5.58. The van der Waals surface area contributed by atoms with E-state index in [9.17, 15) is 14.7 Å². The highest BCUT2D eigenvalue weighted by Crippen LogP contribution is 2.18. The van der Waals surface area contributed by atoms with Crippen LogP contribution < -0.4 is 5.32 Å². The third-order valence-corrected chi connectivity index (χ3v) is 3.24. The van der Waals surface area contributed by atoms with Crippen molar-refractivity contribution < 1.29 is 19.8 Å². The number of urea groups is 1. The fraction of sp³-hybridized carbons (Fsp3) is 0.846. The van der Waals surface area contributed by atoms with Gasteiger partial charge in [-0.25, -0.2) is 4.79 Å². The standard InChI is InChI=1S/C13H24N2O4/c1-9(2)7-15(8-12(17)18)13(19)14-10-5-3-4-6-11(10)16/h9-11,16H,3-8H2,1-2H3,(H,14,19)(H,17,18). The molecule has 3 N–H and O–H groups in total. The summed E-state index contributed by atoms with van der Waals surface area (Å²) in [7, 11) is 0. The molecule has 2 unspecified atom stereocenters. The number of hydrogen-bond acceptors (Lipinski definition) is 3. The highest BCUT2D eigenvalue weighted by Gasteiger charge is 2.27. The molecule has 1 aliphatic carbocycles. The maximum absolute atomic E-state index is 12.1. The Labute approximate surface area is 113 Å². The Morgan fingerprint density at radius 3 is 2.47 bits per heavy atom. The molecule has 0 bridgehead atoms. The average molecular weight is 272 g/mol. The van der Waals surface area contributed by atoms with Crippen molar-refractivity contribution in [2.24, 2.45) is 5.92 Å². The van der Waals surface area contributed by atoms with Gasteiger partial charge in [0.2, 0.25) is 0 Å². The van der Waals surface area contributed by atoms with Crippen molar-refractivity contribution in [2.75, 3.05) is 13.1 Å². The SMILES string of the molecule is CC(C)CN(CC(=O)O)C(=O)NC1CCCCC1O. The molecule has 1 rings (SSSR count). The number of nitrogens with one attached hydrogen (secondary N) is 1. The van der Waals surface area contributed by atoms with Gasteiger partial charge in [0.05, 0.1) is 12.1 Å². The number of amides is 2. The van der Waals surface area contributed by atoms with Gasteiger partial charge in [0.25, 0.3) is 0 Å². The fourth-order valence-electron chi connectivity index (χ4n) is 2.35.